The van der Waals surface area contributed by atoms with Crippen LogP contribution in [0.2, 0.25) is 0 Å². The van der Waals surface area contributed by atoms with Crippen LogP contribution in [0.15, 0.2) is 55.1 Å². The maximum Gasteiger partial charge on any atom is 0.338 e. The Morgan fingerprint density at radius 2 is 2.00 bits per heavy atom. The third kappa shape index (κ3) is 4.27. The van der Waals surface area contributed by atoms with E-state index in [-0.39, 0.29) is 5.97 Å². The van der Waals surface area contributed by atoms with E-state index in [1.54, 1.807) is 18.2 Å². The molecule has 0 aliphatic carbocycles. The van der Waals surface area contributed by atoms with Crippen LogP contribution in [0.4, 0.5) is 0 Å². The van der Waals surface area contributed by atoms with Crippen molar-refractivity contribution in [3.05, 3.63) is 60.7 Å². The molecule has 0 atom stereocenters. The molecular weight excluding hydrogens is 188 g/mol. The van der Waals surface area contributed by atoms with Gasteiger partial charge in [0.05, 0.1) is 5.56 Å². The Morgan fingerprint density at radius 3 is 2.67 bits per heavy atom. The summed E-state index contributed by atoms with van der Waals surface area (Å²) in [6.07, 6.45) is 6.30. The maximum absolute atomic E-state index is 11.4. The molecule has 1 aromatic carbocycles. The highest BCUT2D eigenvalue weighted by Gasteiger charge is 2.03. The van der Waals surface area contributed by atoms with Crippen LogP contribution in [0.25, 0.3) is 0 Å². The van der Waals surface area contributed by atoms with Gasteiger partial charge in [-0.25, -0.2) is 4.79 Å². The van der Waals surface area contributed by atoms with Gasteiger partial charge in [0.1, 0.15) is 6.61 Å². The predicted molar refractivity (Wildman–Crippen MR) is 60.7 cm³/mol. The molecule has 0 N–H and O–H groups in total. The quantitative estimate of drug-likeness (QED) is 0.542. The van der Waals surface area contributed by atoms with Gasteiger partial charge in [-0.2, -0.15) is 0 Å². The number of hydrogen-bond acceptors (Lipinski definition) is 2. The summed E-state index contributed by atoms with van der Waals surface area (Å²) in [7, 11) is 0. The van der Waals surface area contributed by atoms with Gasteiger partial charge >= 0.3 is 5.97 Å². The number of benzene rings is 1. The van der Waals surface area contributed by atoms with E-state index in [0.29, 0.717) is 12.2 Å². The van der Waals surface area contributed by atoms with Crippen LogP contribution in [0.3, 0.4) is 0 Å². The zero-order valence-electron chi connectivity index (χ0n) is 8.56. The van der Waals surface area contributed by atoms with Crippen molar-refractivity contribution in [2.24, 2.45) is 0 Å². The molecule has 0 aromatic heterocycles. The second kappa shape index (κ2) is 6.60. The standard InChI is InChI=1S/C13H14O2/c1-2-3-4-8-11-15-13(14)12-9-6-5-7-10-12/h2,4-10H,1,3,11H2/b8-4+. The van der Waals surface area contributed by atoms with Crippen molar-refractivity contribution in [2.45, 2.75) is 6.42 Å². The SMILES string of the molecule is C=CC/C=C/COC(=O)c1ccccc1. The summed E-state index contributed by atoms with van der Waals surface area (Å²) >= 11 is 0. The van der Waals surface area contributed by atoms with E-state index in [9.17, 15) is 4.79 Å². The number of ether oxygens (including phenoxy) is 1. The number of allylic oxidation sites excluding steroid dienone is 2. The first-order valence-electron chi connectivity index (χ1n) is 4.82. The molecule has 15 heavy (non-hydrogen) atoms. The van der Waals surface area contributed by atoms with Gasteiger partial charge in [-0.05, 0) is 18.6 Å². The average molecular weight is 202 g/mol. The zero-order valence-corrected chi connectivity index (χ0v) is 8.56. The number of hydrogen-bond donors (Lipinski definition) is 0. The molecule has 2 heteroatoms. The van der Waals surface area contributed by atoms with E-state index in [4.69, 9.17) is 4.74 Å². The van der Waals surface area contributed by atoms with Crippen molar-refractivity contribution in [1.29, 1.82) is 0 Å². The molecule has 78 valence electrons. The third-order valence-corrected chi connectivity index (χ3v) is 1.79. The molecular formula is C13H14O2. The number of carbonyl (C=O) groups excluding carboxylic acids is 1. The van der Waals surface area contributed by atoms with Crippen molar-refractivity contribution in [3.8, 4) is 0 Å². The smallest absolute Gasteiger partial charge is 0.338 e. The molecule has 0 heterocycles. The first-order chi connectivity index (χ1) is 7.34. The van der Waals surface area contributed by atoms with Crippen LogP contribution in [0, 0.1) is 0 Å². The van der Waals surface area contributed by atoms with Crippen molar-refractivity contribution >= 4 is 5.97 Å². The Bertz CT molecular complexity index is 339. The van der Waals surface area contributed by atoms with Crippen molar-refractivity contribution in [3.63, 3.8) is 0 Å². The molecule has 0 saturated heterocycles. The van der Waals surface area contributed by atoms with Gasteiger partial charge in [0, 0.05) is 0 Å². The van der Waals surface area contributed by atoms with Gasteiger partial charge in [0.15, 0.2) is 0 Å². The van der Waals surface area contributed by atoms with E-state index >= 15 is 0 Å². The molecule has 0 radical (unpaired) electrons. The zero-order chi connectivity index (χ0) is 10.9. The van der Waals surface area contributed by atoms with Gasteiger partial charge in [-0.15, -0.1) is 6.58 Å². The molecule has 0 unspecified atom stereocenters. The van der Waals surface area contributed by atoms with Gasteiger partial charge < -0.3 is 4.74 Å². The van der Waals surface area contributed by atoms with Crippen molar-refractivity contribution in [2.75, 3.05) is 6.61 Å². The molecule has 2 nitrogen and oxygen atoms in total. The number of esters is 1. The largest absolute Gasteiger partial charge is 0.458 e. The first-order valence-corrected chi connectivity index (χ1v) is 4.82. The molecule has 0 spiro atoms. The molecule has 0 amide bonds. The van der Waals surface area contributed by atoms with E-state index < -0.39 is 0 Å². The summed E-state index contributed by atoms with van der Waals surface area (Å²) in [4.78, 5) is 11.4. The topological polar surface area (TPSA) is 26.3 Å². The second-order valence-corrected chi connectivity index (χ2v) is 2.96. The molecule has 0 aliphatic heterocycles. The fourth-order valence-electron chi connectivity index (χ4n) is 1.04. The van der Waals surface area contributed by atoms with Crippen LogP contribution in [-0.2, 0) is 4.74 Å². The normalized spacial score (nSPS) is 10.1. The minimum atomic E-state index is -0.293. The second-order valence-electron chi connectivity index (χ2n) is 2.96. The Morgan fingerprint density at radius 1 is 1.27 bits per heavy atom. The number of rotatable bonds is 5. The monoisotopic (exact) mass is 202 g/mol. The summed E-state index contributed by atoms with van der Waals surface area (Å²) in [6.45, 7) is 3.89. The van der Waals surface area contributed by atoms with Crippen LogP contribution >= 0.6 is 0 Å². The molecule has 0 aliphatic rings. The fraction of sp³-hybridized carbons (Fsp3) is 0.154. The summed E-state index contributed by atoms with van der Waals surface area (Å²) in [5.41, 5.74) is 0.578. The lowest BCUT2D eigenvalue weighted by atomic mass is 10.2. The summed E-state index contributed by atoms with van der Waals surface area (Å²) in [6, 6.07) is 8.95. The van der Waals surface area contributed by atoms with Gasteiger partial charge in [0.2, 0.25) is 0 Å². The van der Waals surface area contributed by atoms with Crippen LogP contribution < -0.4 is 0 Å². The van der Waals surface area contributed by atoms with Crippen LogP contribution in [-0.4, -0.2) is 12.6 Å². The fourth-order valence-corrected chi connectivity index (χ4v) is 1.04. The first kappa shape index (κ1) is 11.2. The molecule has 1 aromatic rings. The van der Waals surface area contributed by atoms with Crippen LogP contribution in [0.1, 0.15) is 16.8 Å². The molecule has 0 bridgehead atoms. The molecule has 1 rings (SSSR count). The van der Waals surface area contributed by atoms with Crippen molar-refractivity contribution < 1.29 is 9.53 Å². The minimum Gasteiger partial charge on any atom is -0.458 e. The van der Waals surface area contributed by atoms with E-state index in [1.807, 2.05) is 30.4 Å². The van der Waals surface area contributed by atoms with Crippen LogP contribution in [0.5, 0.6) is 0 Å². The van der Waals surface area contributed by atoms with E-state index in [2.05, 4.69) is 6.58 Å². The highest BCUT2D eigenvalue weighted by molar-refractivity contribution is 5.89. The Labute approximate surface area is 89.9 Å². The van der Waals surface area contributed by atoms with E-state index in [0.717, 1.165) is 6.42 Å². The van der Waals surface area contributed by atoms with Gasteiger partial charge in [0.25, 0.3) is 0 Å². The molecule has 0 saturated carbocycles. The average Bonchev–Trinajstić information content (AvgIpc) is 2.30. The highest BCUT2D eigenvalue weighted by atomic mass is 16.5. The lowest BCUT2D eigenvalue weighted by Crippen LogP contribution is -2.04. The van der Waals surface area contributed by atoms with E-state index in [1.165, 1.54) is 0 Å². The van der Waals surface area contributed by atoms with Gasteiger partial charge in [-0.3, -0.25) is 0 Å². The Hall–Kier alpha value is -1.83. The van der Waals surface area contributed by atoms with Gasteiger partial charge in [-0.1, -0.05) is 36.4 Å². The highest BCUT2D eigenvalue weighted by Crippen LogP contribution is 2.00. The Kier molecular flexibility index (Phi) is 4.95. The lowest BCUT2D eigenvalue weighted by Gasteiger charge is -2.00. The predicted octanol–water partition coefficient (Wildman–Crippen LogP) is 2.98. The summed E-state index contributed by atoms with van der Waals surface area (Å²) in [5.74, 6) is -0.293. The summed E-state index contributed by atoms with van der Waals surface area (Å²) < 4.78 is 5.01. The number of carbonyl (C=O) groups is 1. The molecule has 0 fully saturated rings. The third-order valence-electron chi connectivity index (χ3n) is 1.79. The minimum absolute atomic E-state index is 0.293. The summed E-state index contributed by atoms with van der Waals surface area (Å²) in [5, 5.41) is 0. The maximum atomic E-state index is 11.4. The lowest BCUT2D eigenvalue weighted by molar-refractivity contribution is 0.0549. The Balaban J connectivity index is 2.34. The van der Waals surface area contributed by atoms with Crippen molar-refractivity contribution in [1.82, 2.24) is 0 Å².